The SMILES string of the molecule is O=Cc1cc(Cl)cc(C(F)F)n1. The third-order valence-electron chi connectivity index (χ3n) is 1.17. The average Bonchev–Trinajstić information content (AvgIpc) is 2.03. The van der Waals surface area contributed by atoms with Gasteiger partial charge in [-0.05, 0) is 12.1 Å². The van der Waals surface area contributed by atoms with Gasteiger partial charge in [0.05, 0.1) is 0 Å². The van der Waals surface area contributed by atoms with Crippen LogP contribution in [0, 0.1) is 0 Å². The van der Waals surface area contributed by atoms with Crippen molar-refractivity contribution >= 4 is 17.9 Å². The van der Waals surface area contributed by atoms with E-state index in [-0.39, 0.29) is 10.7 Å². The molecule has 12 heavy (non-hydrogen) atoms. The van der Waals surface area contributed by atoms with Crippen LogP contribution in [0.1, 0.15) is 22.6 Å². The fourth-order valence-electron chi connectivity index (χ4n) is 0.710. The summed E-state index contributed by atoms with van der Waals surface area (Å²) >= 11 is 5.44. The van der Waals surface area contributed by atoms with Crippen LogP contribution in [0.5, 0.6) is 0 Å². The van der Waals surface area contributed by atoms with Gasteiger partial charge < -0.3 is 0 Å². The Morgan fingerprint density at radius 2 is 2.17 bits per heavy atom. The van der Waals surface area contributed by atoms with Gasteiger partial charge in [0.1, 0.15) is 11.4 Å². The first-order chi connectivity index (χ1) is 5.63. The zero-order chi connectivity index (χ0) is 9.14. The molecule has 0 aliphatic carbocycles. The first-order valence-electron chi connectivity index (χ1n) is 3.04. The van der Waals surface area contributed by atoms with Gasteiger partial charge in [-0.2, -0.15) is 0 Å². The third-order valence-corrected chi connectivity index (χ3v) is 1.39. The number of pyridine rings is 1. The molecule has 2 nitrogen and oxygen atoms in total. The molecule has 1 aromatic heterocycles. The normalized spacial score (nSPS) is 10.3. The van der Waals surface area contributed by atoms with Crippen LogP contribution in [-0.2, 0) is 0 Å². The predicted molar refractivity (Wildman–Crippen MR) is 39.6 cm³/mol. The van der Waals surface area contributed by atoms with Gasteiger partial charge in [0.2, 0.25) is 0 Å². The Morgan fingerprint density at radius 3 is 2.67 bits per heavy atom. The molecule has 0 saturated carbocycles. The molecule has 64 valence electrons. The standard InChI is InChI=1S/C7H4ClF2NO/c8-4-1-5(3-12)11-6(2-4)7(9)10/h1-3,7H. The van der Waals surface area contributed by atoms with Crippen LogP contribution < -0.4 is 0 Å². The number of carbonyl (C=O) groups excluding carboxylic acids is 1. The largest absolute Gasteiger partial charge is 0.296 e. The molecule has 0 saturated heterocycles. The summed E-state index contributed by atoms with van der Waals surface area (Å²) in [5.41, 5.74) is -0.567. The number of aldehydes is 1. The minimum atomic E-state index is -2.71. The first-order valence-corrected chi connectivity index (χ1v) is 3.42. The van der Waals surface area contributed by atoms with Crippen LogP contribution >= 0.6 is 11.6 Å². The van der Waals surface area contributed by atoms with E-state index < -0.39 is 12.1 Å². The van der Waals surface area contributed by atoms with Gasteiger partial charge in [0.15, 0.2) is 6.29 Å². The van der Waals surface area contributed by atoms with Gasteiger partial charge in [-0.1, -0.05) is 11.6 Å². The summed E-state index contributed by atoms with van der Waals surface area (Å²) in [4.78, 5) is 13.5. The van der Waals surface area contributed by atoms with Crippen LogP contribution in [0.15, 0.2) is 12.1 Å². The molecule has 0 spiro atoms. The highest BCUT2D eigenvalue weighted by atomic mass is 35.5. The highest BCUT2D eigenvalue weighted by Gasteiger charge is 2.10. The average molecular weight is 192 g/mol. The van der Waals surface area contributed by atoms with E-state index in [1.165, 1.54) is 6.07 Å². The van der Waals surface area contributed by atoms with E-state index in [4.69, 9.17) is 11.6 Å². The van der Waals surface area contributed by atoms with Crippen molar-refractivity contribution in [1.82, 2.24) is 4.98 Å². The van der Waals surface area contributed by atoms with E-state index in [9.17, 15) is 13.6 Å². The maximum Gasteiger partial charge on any atom is 0.280 e. The Bertz CT molecular complexity index is 303. The summed E-state index contributed by atoms with van der Waals surface area (Å²) in [6.45, 7) is 0. The number of carbonyl (C=O) groups is 1. The Labute approximate surface area is 72.2 Å². The molecule has 5 heteroatoms. The van der Waals surface area contributed by atoms with Gasteiger partial charge >= 0.3 is 0 Å². The fraction of sp³-hybridized carbons (Fsp3) is 0.143. The number of alkyl halides is 2. The van der Waals surface area contributed by atoms with Crippen molar-refractivity contribution in [3.8, 4) is 0 Å². The second-order valence-electron chi connectivity index (χ2n) is 2.05. The van der Waals surface area contributed by atoms with Crippen LogP contribution in [0.4, 0.5) is 8.78 Å². The summed E-state index contributed by atoms with van der Waals surface area (Å²) in [6, 6.07) is 2.25. The number of rotatable bonds is 2. The lowest BCUT2D eigenvalue weighted by Gasteiger charge is -1.99. The van der Waals surface area contributed by atoms with Crippen LogP contribution in [-0.4, -0.2) is 11.3 Å². The van der Waals surface area contributed by atoms with Gasteiger partial charge in [-0.15, -0.1) is 0 Å². The van der Waals surface area contributed by atoms with E-state index in [0.717, 1.165) is 6.07 Å². The Balaban J connectivity index is 3.14. The summed E-state index contributed by atoms with van der Waals surface area (Å²) in [7, 11) is 0. The van der Waals surface area contributed by atoms with Crippen LogP contribution in [0.2, 0.25) is 5.02 Å². The summed E-state index contributed by atoms with van der Waals surface area (Å²) < 4.78 is 24.1. The third kappa shape index (κ3) is 1.98. The molecule has 0 fully saturated rings. The molecule has 1 rings (SSSR count). The van der Waals surface area contributed by atoms with Gasteiger partial charge in [-0.25, -0.2) is 13.8 Å². The number of hydrogen-bond donors (Lipinski definition) is 0. The highest BCUT2D eigenvalue weighted by Crippen LogP contribution is 2.20. The Morgan fingerprint density at radius 1 is 1.50 bits per heavy atom. The molecule has 0 N–H and O–H groups in total. The molecule has 0 amide bonds. The molecule has 1 aromatic rings. The van der Waals surface area contributed by atoms with Crippen molar-refractivity contribution in [2.24, 2.45) is 0 Å². The van der Waals surface area contributed by atoms with Crippen molar-refractivity contribution in [3.63, 3.8) is 0 Å². The van der Waals surface area contributed by atoms with E-state index >= 15 is 0 Å². The molecule has 1 heterocycles. The molecule has 0 radical (unpaired) electrons. The second kappa shape index (κ2) is 3.58. The van der Waals surface area contributed by atoms with Crippen molar-refractivity contribution in [3.05, 3.63) is 28.5 Å². The number of nitrogens with zero attached hydrogens (tertiary/aromatic N) is 1. The lowest BCUT2D eigenvalue weighted by atomic mass is 10.3. The number of halogens is 3. The lowest BCUT2D eigenvalue weighted by molar-refractivity contribution is 0.111. The molecule has 0 aliphatic heterocycles. The van der Waals surface area contributed by atoms with Crippen molar-refractivity contribution in [2.75, 3.05) is 0 Å². The van der Waals surface area contributed by atoms with Crippen LogP contribution in [0.25, 0.3) is 0 Å². The molecule has 0 atom stereocenters. The Hall–Kier alpha value is -1.03. The quantitative estimate of drug-likeness (QED) is 0.673. The Kier molecular flexibility index (Phi) is 2.70. The smallest absolute Gasteiger partial charge is 0.280 e. The summed E-state index contributed by atoms with van der Waals surface area (Å²) in [5, 5.41) is 0.0856. The fourth-order valence-corrected chi connectivity index (χ4v) is 0.934. The minimum Gasteiger partial charge on any atom is -0.296 e. The molecular formula is C7H4ClF2NO. The van der Waals surface area contributed by atoms with Crippen molar-refractivity contribution in [2.45, 2.75) is 6.43 Å². The minimum absolute atomic E-state index is 0.0854. The van der Waals surface area contributed by atoms with Gasteiger partial charge in [0, 0.05) is 5.02 Å². The van der Waals surface area contributed by atoms with Gasteiger partial charge in [0.25, 0.3) is 6.43 Å². The van der Waals surface area contributed by atoms with Crippen LogP contribution in [0.3, 0.4) is 0 Å². The zero-order valence-corrected chi connectivity index (χ0v) is 6.55. The van der Waals surface area contributed by atoms with E-state index in [1.807, 2.05) is 0 Å². The topological polar surface area (TPSA) is 30.0 Å². The maximum atomic E-state index is 12.0. The first kappa shape index (κ1) is 9.06. The summed E-state index contributed by atoms with van der Waals surface area (Å²) in [5.74, 6) is 0. The van der Waals surface area contributed by atoms with E-state index in [0.29, 0.717) is 6.29 Å². The van der Waals surface area contributed by atoms with Crippen molar-refractivity contribution < 1.29 is 13.6 Å². The van der Waals surface area contributed by atoms with E-state index in [1.54, 1.807) is 0 Å². The molecule has 0 aromatic carbocycles. The monoisotopic (exact) mass is 191 g/mol. The molecule has 0 aliphatic rings. The zero-order valence-electron chi connectivity index (χ0n) is 5.80. The lowest BCUT2D eigenvalue weighted by Crippen LogP contribution is -1.94. The van der Waals surface area contributed by atoms with Crippen molar-refractivity contribution in [1.29, 1.82) is 0 Å². The van der Waals surface area contributed by atoms with E-state index in [2.05, 4.69) is 4.98 Å². The van der Waals surface area contributed by atoms with Gasteiger partial charge in [-0.3, -0.25) is 4.79 Å². The molecular weight excluding hydrogens is 188 g/mol. The predicted octanol–water partition coefficient (Wildman–Crippen LogP) is 2.49. The maximum absolute atomic E-state index is 12.0. The second-order valence-corrected chi connectivity index (χ2v) is 2.49. The molecule has 0 bridgehead atoms. The number of aromatic nitrogens is 1. The highest BCUT2D eigenvalue weighted by molar-refractivity contribution is 6.30. The molecule has 0 unspecified atom stereocenters. The number of hydrogen-bond acceptors (Lipinski definition) is 2. The summed E-state index contributed by atoms with van der Waals surface area (Å²) in [6.07, 6.45) is -2.33.